The molecule has 1 aromatic heterocycles. The SMILES string of the molecule is COCCCn1c(C(C)(C)C)ccc(N)c1=O. The predicted molar refractivity (Wildman–Crippen MR) is 70.3 cm³/mol. The molecule has 4 heteroatoms. The zero-order valence-corrected chi connectivity index (χ0v) is 11.1. The Labute approximate surface area is 102 Å². The molecular formula is C13H22N2O2. The Morgan fingerprint density at radius 3 is 2.53 bits per heavy atom. The summed E-state index contributed by atoms with van der Waals surface area (Å²) in [6.45, 7) is 7.55. The lowest BCUT2D eigenvalue weighted by Crippen LogP contribution is -2.31. The quantitative estimate of drug-likeness (QED) is 0.813. The minimum Gasteiger partial charge on any atom is -0.394 e. The van der Waals surface area contributed by atoms with Gasteiger partial charge in [0, 0.05) is 31.4 Å². The molecule has 0 amide bonds. The van der Waals surface area contributed by atoms with Crippen molar-refractivity contribution in [2.75, 3.05) is 19.5 Å². The molecule has 1 heterocycles. The molecule has 0 bridgehead atoms. The van der Waals surface area contributed by atoms with E-state index in [4.69, 9.17) is 10.5 Å². The maximum absolute atomic E-state index is 12.0. The van der Waals surface area contributed by atoms with Crippen LogP contribution in [0.25, 0.3) is 0 Å². The molecule has 1 rings (SSSR count). The van der Waals surface area contributed by atoms with Crippen molar-refractivity contribution in [2.24, 2.45) is 0 Å². The first-order valence-corrected chi connectivity index (χ1v) is 5.86. The van der Waals surface area contributed by atoms with Crippen molar-refractivity contribution in [3.63, 3.8) is 0 Å². The number of methoxy groups -OCH3 is 1. The molecule has 0 fully saturated rings. The normalized spacial score (nSPS) is 11.8. The number of ether oxygens (including phenoxy) is 1. The van der Waals surface area contributed by atoms with Crippen LogP contribution in [0.15, 0.2) is 16.9 Å². The fourth-order valence-corrected chi connectivity index (χ4v) is 1.84. The summed E-state index contributed by atoms with van der Waals surface area (Å²) in [5, 5.41) is 0. The summed E-state index contributed by atoms with van der Waals surface area (Å²) in [7, 11) is 1.66. The average molecular weight is 238 g/mol. The van der Waals surface area contributed by atoms with E-state index in [-0.39, 0.29) is 11.0 Å². The number of hydrogen-bond acceptors (Lipinski definition) is 3. The fraction of sp³-hybridized carbons (Fsp3) is 0.615. The van der Waals surface area contributed by atoms with Crippen molar-refractivity contribution < 1.29 is 4.74 Å². The highest BCUT2D eigenvalue weighted by atomic mass is 16.5. The topological polar surface area (TPSA) is 57.2 Å². The van der Waals surface area contributed by atoms with Crippen LogP contribution >= 0.6 is 0 Å². The van der Waals surface area contributed by atoms with Crippen molar-refractivity contribution in [2.45, 2.75) is 39.2 Å². The molecule has 0 spiro atoms. The van der Waals surface area contributed by atoms with Crippen LogP contribution in [0.4, 0.5) is 5.69 Å². The molecule has 4 nitrogen and oxygen atoms in total. The molecule has 0 aliphatic rings. The van der Waals surface area contributed by atoms with E-state index in [0.29, 0.717) is 18.8 Å². The summed E-state index contributed by atoms with van der Waals surface area (Å²) in [5.41, 5.74) is 6.81. The summed E-state index contributed by atoms with van der Waals surface area (Å²) in [4.78, 5) is 12.0. The molecule has 1 aromatic rings. The Morgan fingerprint density at radius 2 is 2.00 bits per heavy atom. The molecular weight excluding hydrogens is 216 g/mol. The smallest absolute Gasteiger partial charge is 0.273 e. The van der Waals surface area contributed by atoms with E-state index in [1.54, 1.807) is 17.7 Å². The molecule has 0 aliphatic heterocycles. The third-order valence-corrected chi connectivity index (χ3v) is 2.70. The monoisotopic (exact) mass is 238 g/mol. The summed E-state index contributed by atoms with van der Waals surface area (Å²) in [6, 6.07) is 3.62. The van der Waals surface area contributed by atoms with Gasteiger partial charge in [0.2, 0.25) is 0 Å². The maximum atomic E-state index is 12.0. The molecule has 17 heavy (non-hydrogen) atoms. The van der Waals surface area contributed by atoms with Gasteiger partial charge in [-0.1, -0.05) is 20.8 Å². The molecule has 2 N–H and O–H groups in total. The van der Waals surface area contributed by atoms with Crippen molar-refractivity contribution in [1.29, 1.82) is 0 Å². The lowest BCUT2D eigenvalue weighted by atomic mass is 9.91. The van der Waals surface area contributed by atoms with Crippen LogP contribution in [-0.4, -0.2) is 18.3 Å². The van der Waals surface area contributed by atoms with Gasteiger partial charge in [0.25, 0.3) is 5.56 Å². The van der Waals surface area contributed by atoms with E-state index in [1.165, 1.54) is 0 Å². The van der Waals surface area contributed by atoms with Gasteiger partial charge >= 0.3 is 0 Å². The Morgan fingerprint density at radius 1 is 1.35 bits per heavy atom. The molecule has 96 valence electrons. The largest absolute Gasteiger partial charge is 0.394 e. The summed E-state index contributed by atoms with van der Waals surface area (Å²) in [5.74, 6) is 0. The summed E-state index contributed by atoms with van der Waals surface area (Å²) < 4.78 is 6.77. The standard InChI is InChI=1S/C13H22N2O2/c1-13(2,3)11-7-6-10(14)12(16)15(11)8-5-9-17-4/h6-7H,5,8-9,14H2,1-4H3. The highest BCUT2D eigenvalue weighted by Crippen LogP contribution is 2.21. The lowest BCUT2D eigenvalue weighted by molar-refractivity contribution is 0.189. The maximum Gasteiger partial charge on any atom is 0.273 e. The van der Waals surface area contributed by atoms with E-state index in [1.807, 2.05) is 6.07 Å². The number of pyridine rings is 1. The number of aromatic nitrogens is 1. The molecule has 0 atom stereocenters. The van der Waals surface area contributed by atoms with E-state index in [0.717, 1.165) is 12.1 Å². The Balaban J connectivity index is 3.14. The Hall–Kier alpha value is -1.29. The van der Waals surface area contributed by atoms with Crippen LogP contribution in [0.3, 0.4) is 0 Å². The third kappa shape index (κ3) is 3.33. The van der Waals surface area contributed by atoms with E-state index in [9.17, 15) is 4.79 Å². The highest BCUT2D eigenvalue weighted by molar-refractivity contribution is 5.37. The van der Waals surface area contributed by atoms with Gasteiger partial charge in [0.15, 0.2) is 0 Å². The second kappa shape index (κ2) is 5.36. The second-order valence-corrected chi connectivity index (χ2v) is 5.23. The van der Waals surface area contributed by atoms with Gasteiger partial charge in [-0.2, -0.15) is 0 Å². The molecule has 0 saturated heterocycles. The minimum atomic E-state index is -0.103. The van der Waals surface area contributed by atoms with Gasteiger partial charge in [-0.15, -0.1) is 0 Å². The number of nitrogens with zero attached hydrogens (tertiary/aromatic N) is 1. The van der Waals surface area contributed by atoms with E-state index >= 15 is 0 Å². The number of rotatable bonds is 4. The summed E-state index contributed by atoms with van der Waals surface area (Å²) >= 11 is 0. The first kappa shape index (κ1) is 13.8. The fourth-order valence-electron chi connectivity index (χ4n) is 1.84. The first-order valence-electron chi connectivity index (χ1n) is 5.86. The van der Waals surface area contributed by atoms with Crippen LogP contribution in [0.1, 0.15) is 32.9 Å². The predicted octanol–water partition coefficient (Wildman–Crippen LogP) is 1.76. The van der Waals surface area contributed by atoms with Gasteiger partial charge < -0.3 is 15.0 Å². The Bertz CT molecular complexity index is 430. The van der Waals surface area contributed by atoms with Gasteiger partial charge in [0.05, 0.1) is 5.69 Å². The number of nitrogens with two attached hydrogens (primary N) is 1. The second-order valence-electron chi connectivity index (χ2n) is 5.23. The first-order chi connectivity index (χ1) is 7.88. The van der Waals surface area contributed by atoms with Crippen LogP contribution in [0, 0.1) is 0 Å². The minimum absolute atomic E-state index is 0.0695. The lowest BCUT2D eigenvalue weighted by Gasteiger charge is -2.24. The third-order valence-electron chi connectivity index (χ3n) is 2.70. The number of nitrogen functional groups attached to an aromatic ring is 1. The van der Waals surface area contributed by atoms with Crippen molar-refractivity contribution in [1.82, 2.24) is 4.57 Å². The summed E-state index contributed by atoms with van der Waals surface area (Å²) in [6.07, 6.45) is 0.808. The van der Waals surface area contributed by atoms with Crippen molar-refractivity contribution >= 4 is 5.69 Å². The van der Waals surface area contributed by atoms with Crippen molar-refractivity contribution in [3.05, 3.63) is 28.2 Å². The number of hydrogen-bond donors (Lipinski definition) is 1. The van der Waals surface area contributed by atoms with Gasteiger partial charge in [0.1, 0.15) is 0 Å². The Kier molecular flexibility index (Phi) is 4.34. The van der Waals surface area contributed by atoms with E-state index < -0.39 is 0 Å². The molecule has 0 saturated carbocycles. The molecule has 0 aromatic carbocycles. The molecule has 0 radical (unpaired) electrons. The van der Waals surface area contributed by atoms with Crippen LogP contribution in [0.5, 0.6) is 0 Å². The van der Waals surface area contributed by atoms with Crippen molar-refractivity contribution in [3.8, 4) is 0 Å². The van der Waals surface area contributed by atoms with Gasteiger partial charge in [-0.05, 0) is 18.6 Å². The van der Waals surface area contributed by atoms with Crippen LogP contribution in [-0.2, 0) is 16.7 Å². The van der Waals surface area contributed by atoms with Crippen LogP contribution < -0.4 is 11.3 Å². The van der Waals surface area contributed by atoms with E-state index in [2.05, 4.69) is 20.8 Å². The van der Waals surface area contributed by atoms with Gasteiger partial charge in [-0.25, -0.2) is 0 Å². The average Bonchev–Trinajstić information content (AvgIpc) is 2.23. The number of anilines is 1. The van der Waals surface area contributed by atoms with Gasteiger partial charge in [-0.3, -0.25) is 4.79 Å². The molecule has 0 unspecified atom stereocenters. The zero-order chi connectivity index (χ0) is 13.1. The highest BCUT2D eigenvalue weighted by Gasteiger charge is 2.19. The van der Waals surface area contributed by atoms with Crippen LogP contribution in [0.2, 0.25) is 0 Å². The zero-order valence-electron chi connectivity index (χ0n) is 11.1. The molecule has 0 aliphatic carbocycles.